The van der Waals surface area contributed by atoms with E-state index in [2.05, 4.69) is 0 Å². The third kappa shape index (κ3) is 17.5. The Morgan fingerprint density at radius 3 is 1.15 bits per heavy atom. The van der Waals surface area contributed by atoms with Gasteiger partial charge in [-0.25, -0.2) is 0 Å². The minimum atomic E-state index is -4.16. The Labute approximate surface area is 620 Å². The lowest BCUT2D eigenvalue weighted by atomic mass is 9.74. The fraction of sp³-hybridized carbons (Fsp3) is 0.712. The van der Waals surface area contributed by atoms with E-state index in [4.69, 9.17) is 111 Å². The van der Waals surface area contributed by atoms with Crippen molar-refractivity contribution in [1.29, 1.82) is 0 Å². The molecule has 91 heavy (non-hydrogen) atoms. The summed E-state index contributed by atoms with van der Waals surface area (Å²) in [4.78, 5) is 39.5. The molecule has 0 spiro atoms. The van der Waals surface area contributed by atoms with Crippen molar-refractivity contribution in [2.45, 2.75) is 195 Å². The minimum absolute atomic E-state index is 0.0478. The van der Waals surface area contributed by atoms with E-state index in [9.17, 15) is 36.3 Å². The highest BCUT2D eigenvalue weighted by atomic mass is 16.6. The molecule has 18 heteroatoms. The van der Waals surface area contributed by atoms with Gasteiger partial charge in [-0.1, -0.05) is 89.8 Å². The van der Waals surface area contributed by atoms with Crippen LogP contribution >= 0.6 is 0 Å². The summed E-state index contributed by atoms with van der Waals surface area (Å²) in [5.74, 6) is -36.0. The van der Waals surface area contributed by atoms with Crippen LogP contribution in [0.25, 0.3) is 0 Å². The van der Waals surface area contributed by atoms with Crippen LogP contribution in [0.5, 0.6) is 34.5 Å². The van der Waals surface area contributed by atoms with Crippen LogP contribution in [0.1, 0.15) is 246 Å². The molecule has 0 amide bonds. The maximum Gasteiger partial charge on any atom is 0.323 e. The van der Waals surface area contributed by atoms with E-state index < -0.39 is 353 Å². The number of nitrogens with two attached hydrogens (primary N) is 3. The number of benzene rings is 3. The molecule has 6 N–H and O–H groups in total. The van der Waals surface area contributed by atoms with Gasteiger partial charge in [0.2, 0.25) is 0 Å². The van der Waals surface area contributed by atoms with Crippen molar-refractivity contribution in [3.63, 3.8) is 0 Å². The Morgan fingerprint density at radius 2 is 0.835 bits per heavy atom. The van der Waals surface area contributed by atoms with Gasteiger partial charge in [-0.3, -0.25) is 29.1 Å². The average molecular weight is 1320 g/mol. The second-order valence-electron chi connectivity index (χ2n) is 21.8. The number of rotatable bonds is 21. The van der Waals surface area contributed by atoms with E-state index in [1.54, 1.807) is 0 Å². The summed E-state index contributed by atoms with van der Waals surface area (Å²) in [6.07, 6.45) is -38.7. The number of hydrogen-bond donors (Lipinski definition) is 3. The van der Waals surface area contributed by atoms with Gasteiger partial charge in [0.05, 0.1) is 54.9 Å². The zero-order valence-corrected chi connectivity index (χ0v) is 52.9. The van der Waals surface area contributed by atoms with Crippen molar-refractivity contribution in [3.8, 4) is 34.5 Å². The number of carbonyl (C=O) groups is 3. The Hall–Kier alpha value is -5.37. The monoisotopic (exact) mass is 1320 g/mol. The van der Waals surface area contributed by atoms with E-state index >= 15 is 0 Å². The molecule has 3 aromatic carbocycles. The molecule has 3 aromatic rings. The zero-order chi connectivity index (χ0) is 114. The van der Waals surface area contributed by atoms with Crippen LogP contribution < -0.4 is 45.6 Å². The molecule has 0 radical (unpaired) electrons. The molecule has 0 aromatic heterocycles. The van der Waals surface area contributed by atoms with Crippen LogP contribution in [0, 0.1) is 59.0 Å². The van der Waals surface area contributed by atoms with E-state index in [-0.39, 0.29) is 14.7 Å². The number of fused-ring (bicyclic) bond motifs is 9. The Bertz CT molecular complexity index is 5200. The molecule has 9 rings (SSSR count). The van der Waals surface area contributed by atoms with Crippen molar-refractivity contribution in [2.75, 3.05) is 81.6 Å². The highest BCUT2D eigenvalue weighted by Crippen LogP contribution is 2.49. The van der Waals surface area contributed by atoms with Crippen LogP contribution in [0.15, 0.2) is 36.3 Å². The number of methoxy groups -OCH3 is 6. The molecule has 0 bridgehead atoms. The van der Waals surface area contributed by atoms with E-state index in [0.29, 0.717) is 27.7 Å². The molecular formula is C73H116N6O12. The van der Waals surface area contributed by atoms with Crippen LogP contribution in [-0.4, -0.2) is 151 Å². The highest BCUT2D eigenvalue weighted by Gasteiger charge is 2.46. The quantitative estimate of drug-likeness (QED) is 0.0666. The molecule has 0 aliphatic carbocycles. The van der Waals surface area contributed by atoms with Crippen molar-refractivity contribution in [3.05, 3.63) is 69.6 Å². The van der Waals surface area contributed by atoms with Gasteiger partial charge in [0.1, 0.15) is 36.4 Å². The molecule has 510 valence electrons. The Kier molecular flexibility index (Phi) is 10.5. The smallest absolute Gasteiger partial charge is 0.323 e. The summed E-state index contributed by atoms with van der Waals surface area (Å²) in [6.45, 7) is -23.2. The number of ether oxygens (including phenoxy) is 9. The third-order valence-corrected chi connectivity index (χ3v) is 14.2. The van der Waals surface area contributed by atoms with Crippen LogP contribution in [0.3, 0.4) is 0 Å². The van der Waals surface area contributed by atoms with Gasteiger partial charge < -0.3 is 59.8 Å². The molecule has 6 aliphatic heterocycles. The zero-order valence-electron chi connectivity index (χ0n) is 106. The predicted octanol–water partition coefficient (Wildman–Crippen LogP) is 10.9. The lowest BCUT2D eigenvalue weighted by Crippen LogP contribution is -2.52. The number of nitrogens with zero attached hydrogens (tertiary/aromatic N) is 3. The highest BCUT2D eigenvalue weighted by molar-refractivity contribution is 5.77. The second kappa shape index (κ2) is 32.7. The van der Waals surface area contributed by atoms with Crippen molar-refractivity contribution in [1.82, 2.24) is 14.7 Å². The van der Waals surface area contributed by atoms with Gasteiger partial charge in [-0.15, -0.1) is 0 Å². The van der Waals surface area contributed by atoms with Gasteiger partial charge in [-0.2, -0.15) is 0 Å². The summed E-state index contributed by atoms with van der Waals surface area (Å²) >= 11 is 0. The van der Waals surface area contributed by atoms with Crippen LogP contribution in [0.2, 0.25) is 0 Å². The molecule has 0 saturated carbocycles. The first kappa shape index (κ1) is 29.3. The van der Waals surface area contributed by atoms with Crippen LogP contribution in [-0.2, 0) is 47.7 Å². The fourth-order valence-corrected chi connectivity index (χ4v) is 8.82. The first-order valence-corrected chi connectivity index (χ1v) is 28.3. The molecule has 6 aliphatic rings. The Balaban J connectivity index is 0.000000293. The first-order valence-electron chi connectivity index (χ1n) is 54.8. The molecular weight excluding hydrogens is 1150 g/mol. The lowest BCUT2D eigenvalue weighted by molar-refractivity contribution is -0.162. The molecule has 13 unspecified atom stereocenters. The summed E-state index contributed by atoms with van der Waals surface area (Å²) < 4.78 is 511. The van der Waals surface area contributed by atoms with Gasteiger partial charge in [0.15, 0.2) is 34.5 Å². The molecule has 3 fully saturated rings. The van der Waals surface area contributed by atoms with Gasteiger partial charge in [-0.05, 0) is 143 Å². The van der Waals surface area contributed by atoms with Crippen molar-refractivity contribution >= 4 is 17.9 Å². The van der Waals surface area contributed by atoms with Crippen molar-refractivity contribution in [2.24, 2.45) is 76.2 Å². The van der Waals surface area contributed by atoms with E-state index in [1.807, 2.05) is 0 Å². The molecule has 16 atom stereocenters. The Morgan fingerprint density at radius 1 is 0.516 bits per heavy atom. The summed E-state index contributed by atoms with van der Waals surface area (Å²) in [5.41, 5.74) is 12.0. The largest absolute Gasteiger partial charge is 0.493 e. The maximum absolute atomic E-state index is 13.4. The number of esters is 3. The normalized spacial score (nSPS) is 45.9. The summed E-state index contributed by atoms with van der Waals surface area (Å²) in [7, 11) is 1.75. The summed E-state index contributed by atoms with van der Waals surface area (Å²) in [5, 5.41) is 0. The topological polar surface area (TPSA) is 222 Å². The van der Waals surface area contributed by atoms with Gasteiger partial charge in [0, 0.05) is 154 Å². The average Bonchev–Trinajstić information content (AvgIpc) is 0.583. The molecule has 18 nitrogen and oxygen atoms in total. The lowest BCUT2D eigenvalue weighted by Gasteiger charge is -2.49. The minimum Gasteiger partial charge on any atom is -0.493 e. The number of carbonyl (C=O) groups excluding carboxylic acids is 3. The maximum atomic E-state index is 13.4. The third-order valence-electron chi connectivity index (χ3n) is 14.2. The molecule has 6 heterocycles. The fourth-order valence-electron chi connectivity index (χ4n) is 8.82. The van der Waals surface area contributed by atoms with E-state index in [1.165, 1.54) is 41.5 Å². The van der Waals surface area contributed by atoms with Crippen LogP contribution in [0.4, 0.5) is 0 Å². The van der Waals surface area contributed by atoms with Gasteiger partial charge >= 0.3 is 17.9 Å². The SMILES string of the molecule is [2H]c1c(OC)c(OC([2H])([2H])[2H])c([2H])c2c1C1N(C([2H])([2H])C2([2H])[2H])C([2H])([2H])C([2H])(C([2H])([2H])C([2H])(C)C([2H])([2H])[2H])C(OC(=O)[C@@H](N)C(C)C)C1([2H])[2H].[2H]c1c(OC)c(OC)c([2H])c2c1C1N(C([2H])([2H])C2([2H])[2H])C([2H])([2H])C([2H])(C([2H])(C)C([2H])(C)C([2H])([2H])[2H])C(OC(=O)[C@@H](N)C(C)C)C1([2H])[2H].[2H]c1c(OC)c(OC)c([2H])c2c1C1N(C([2H])([2H])C2([2H])[2H])C([2H])([2H])C([2H])(C([2H])([2H])C([2H])(C)C([2H])([2H])[2H])C(OC(=O)[C@@H](N)C(C)C)C1([2H])[2H]. The predicted molar refractivity (Wildman–Crippen MR) is 358 cm³/mol. The van der Waals surface area contributed by atoms with E-state index in [0.717, 1.165) is 35.5 Å². The van der Waals surface area contributed by atoms with Gasteiger partial charge in [0.25, 0.3) is 0 Å². The molecule has 3 saturated heterocycles. The first-order chi connectivity index (χ1) is 63.6. The number of piperidine rings is 3. The second-order valence-corrected chi connectivity index (χ2v) is 21.8. The summed E-state index contributed by atoms with van der Waals surface area (Å²) in [6, 6.07) is -18.3. The number of hydrogen-bond acceptors (Lipinski definition) is 18. The van der Waals surface area contributed by atoms with Crippen molar-refractivity contribution < 1.29 is 130 Å². The standard InChI is InChI=1S/C25H40N2O4.2C24H38N2O4/c1-14(2)16(5)19-13-27-9-8-17-10-22(29-6)23(30-7)11-18(17)20(27)12-21(19)31-25(28)24(26)15(3)4;2*1-14(2)9-17-13-26-8-7-16-10-21(28-5)22(29-6)11-18(16)19(26)12-20(17)30-24(27)23(25)15(3)4/h10-11,14-16,19-21,24H,8-9,12-13,26H2,1-7H3;2*10-11,14-15,17,19-20,23H,7-9,12-13,25H2,1-6H3/t16?,19?,20?,21?,24-;2*17?,19?,20?,23-/m000/s1/i1D3,8D2,9D2,10D,11D,12D2,13D2,14D,16D,19D;1D3,5D3,7D2,8D2,9D2,10D,11D,12D2,13D2,14D,17D;1D3,7D2,8D2,9D2,10D,11D,12D2,13D2,14D,17D/t14?,16?,19?,20?,21?,24-;2*14?,17?,19?,20?,23-.